The quantitative estimate of drug-likeness (QED) is 0.274. The molecule has 10 heteroatoms. The predicted octanol–water partition coefficient (Wildman–Crippen LogP) is 3.77. The highest BCUT2D eigenvalue weighted by molar-refractivity contribution is 7.80. The summed E-state index contributed by atoms with van der Waals surface area (Å²) >= 11 is 20.9. The molecule has 4 atom stereocenters. The van der Waals surface area contributed by atoms with E-state index < -0.39 is 0 Å². The first-order chi connectivity index (χ1) is 16.4. The molecule has 34 heavy (non-hydrogen) atoms. The van der Waals surface area contributed by atoms with Crippen molar-refractivity contribution in [1.29, 1.82) is 0 Å². The molecule has 6 nitrogen and oxygen atoms in total. The van der Waals surface area contributed by atoms with Crippen molar-refractivity contribution in [1.82, 2.24) is 15.1 Å². The van der Waals surface area contributed by atoms with Crippen molar-refractivity contribution in [3.05, 3.63) is 33.8 Å². The molecule has 1 amide bonds. The van der Waals surface area contributed by atoms with E-state index in [1.54, 1.807) is 0 Å². The summed E-state index contributed by atoms with van der Waals surface area (Å²) in [6, 6.07) is 6.25. The predicted molar refractivity (Wildman–Crippen MR) is 145 cm³/mol. The zero-order chi connectivity index (χ0) is 24.7. The molecule has 0 spiro atoms. The van der Waals surface area contributed by atoms with Gasteiger partial charge in [0.25, 0.3) is 0 Å². The van der Waals surface area contributed by atoms with E-state index in [1.807, 2.05) is 18.2 Å². The number of piperidine rings is 1. The molecule has 2 aliphatic rings. The molecule has 1 N–H and O–H groups in total. The summed E-state index contributed by atoms with van der Waals surface area (Å²) in [4.78, 5) is 29.7. The summed E-state index contributed by atoms with van der Waals surface area (Å²) in [5.74, 6) is 1.01. The largest absolute Gasteiger partial charge is 0.469 e. The van der Waals surface area contributed by atoms with Crippen LogP contribution in [0.15, 0.2) is 18.2 Å². The summed E-state index contributed by atoms with van der Waals surface area (Å²) in [6.07, 6.45) is 3.86. The molecule has 2 heterocycles. The minimum absolute atomic E-state index is 0.0177. The molecule has 1 aromatic rings. The Morgan fingerprint density at radius 1 is 1.18 bits per heavy atom. The Bertz CT molecular complexity index is 848. The van der Waals surface area contributed by atoms with Gasteiger partial charge in [-0.2, -0.15) is 25.3 Å². The molecule has 2 bridgehead atoms. The van der Waals surface area contributed by atoms with E-state index in [-0.39, 0.29) is 29.8 Å². The lowest BCUT2D eigenvalue weighted by atomic mass is 9.76. The topological polar surface area (TPSA) is 61.9 Å². The maximum Gasteiger partial charge on any atom is 0.310 e. The monoisotopic (exact) mass is 547 g/mol. The second kappa shape index (κ2) is 13.6. The van der Waals surface area contributed by atoms with Crippen LogP contribution in [0.1, 0.15) is 37.2 Å². The normalized spacial score (nSPS) is 24.4. The molecule has 1 aromatic carbocycles. The van der Waals surface area contributed by atoms with Crippen LogP contribution in [-0.2, 0) is 14.3 Å². The number of methoxy groups -OCH3 is 1. The SMILES string of the molecule is COC(=O)[C@H]1[C@@H](c2ccc(Cl)c(Cl)c2)C[C@@H]2CC[C@H]1N2CCCN(CCS)CC(=O)NCCS. The number of esters is 1. The zero-order valence-electron chi connectivity index (χ0n) is 19.6. The number of carbonyl (C=O) groups excluding carboxylic acids is 2. The fourth-order valence-corrected chi connectivity index (χ4v) is 6.25. The number of nitrogens with one attached hydrogen (secondary N) is 1. The highest BCUT2D eigenvalue weighted by Crippen LogP contribution is 2.48. The first kappa shape index (κ1) is 27.9. The van der Waals surface area contributed by atoms with Crippen LogP contribution < -0.4 is 5.32 Å². The minimum Gasteiger partial charge on any atom is -0.469 e. The Labute approximate surface area is 223 Å². The van der Waals surface area contributed by atoms with Crippen LogP contribution in [0, 0.1) is 5.92 Å². The van der Waals surface area contributed by atoms with Crippen molar-refractivity contribution >= 4 is 60.3 Å². The van der Waals surface area contributed by atoms with E-state index in [9.17, 15) is 9.59 Å². The van der Waals surface area contributed by atoms with Crippen molar-refractivity contribution < 1.29 is 14.3 Å². The number of benzene rings is 1. The van der Waals surface area contributed by atoms with E-state index in [1.165, 1.54) is 7.11 Å². The molecule has 2 saturated heterocycles. The summed E-state index contributed by atoms with van der Waals surface area (Å²) in [5.41, 5.74) is 1.05. The van der Waals surface area contributed by atoms with Crippen LogP contribution in [0.3, 0.4) is 0 Å². The Balaban J connectivity index is 1.66. The molecule has 0 radical (unpaired) electrons. The van der Waals surface area contributed by atoms with Gasteiger partial charge in [-0.05, 0) is 56.5 Å². The second-order valence-corrected chi connectivity index (χ2v) is 10.7. The minimum atomic E-state index is -0.235. The lowest BCUT2D eigenvalue weighted by Crippen LogP contribution is -2.51. The summed E-state index contributed by atoms with van der Waals surface area (Å²) in [6.45, 7) is 3.39. The maximum absolute atomic E-state index is 12.9. The maximum atomic E-state index is 12.9. The van der Waals surface area contributed by atoms with E-state index >= 15 is 0 Å². The summed E-state index contributed by atoms with van der Waals surface area (Å²) in [5, 5.41) is 3.91. The number of carbonyl (C=O) groups is 2. The summed E-state index contributed by atoms with van der Waals surface area (Å²) in [7, 11) is 1.47. The molecule has 0 aliphatic carbocycles. The van der Waals surface area contributed by atoms with Gasteiger partial charge >= 0.3 is 5.97 Å². The van der Waals surface area contributed by atoms with Gasteiger partial charge in [-0.3, -0.25) is 19.4 Å². The van der Waals surface area contributed by atoms with Gasteiger partial charge in [0.05, 0.1) is 29.6 Å². The van der Waals surface area contributed by atoms with Crippen LogP contribution in [0.5, 0.6) is 0 Å². The number of nitrogens with zero attached hydrogens (tertiary/aromatic N) is 2. The Morgan fingerprint density at radius 2 is 1.97 bits per heavy atom. The van der Waals surface area contributed by atoms with Gasteiger partial charge in [-0.1, -0.05) is 29.3 Å². The molecular formula is C24H35Cl2N3O3S2. The number of halogens is 2. The smallest absolute Gasteiger partial charge is 0.310 e. The van der Waals surface area contributed by atoms with E-state index in [0.717, 1.165) is 50.9 Å². The van der Waals surface area contributed by atoms with Gasteiger partial charge in [0.15, 0.2) is 0 Å². The number of amides is 1. The molecular weight excluding hydrogens is 513 g/mol. The molecule has 0 saturated carbocycles. The number of fused-ring (bicyclic) bond motifs is 2. The molecule has 2 aliphatic heterocycles. The number of hydrogen-bond donors (Lipinski definition) is 3. The number of hydrogen-bond acceptors (Lipinski definition) is 7. The van der Waals surface area contributed by atoms with Crippen molar-refractivity contribution in [2.24, 2.45) is 5.92 Å². The van der Waals surface area contributed by atoms with Crippen LogP contribution in [0.2, 0.25) is 10.0 Å². The lowest BCUT2D eigenvalue weighted by molar-refractivity contribution is -0.150. The third kappa shape index (κ3) is 6.98. The number of thiol groups is 2. The van der Waals surface area contributed by atoms with Gasteiger partial charge < -0.3 is 10.1 Å². The summed E-state index contributed by atoms with van der Waals surface area (Å²) < 4.78 is 5.25. The fourth-order valence-electron chi connectivity index (χ4n) is 5.55. The molecule has 0 aromatic heterocycles. The standard InChI is InChI=1S/C24H35Cl2N3O3S2/c1-32-24(31)23-18(16-3-5-19(25)20(26)13-16)14-17-4-6-21(23)29(17)9-2-8-28(10-12-34)15-22(30)27-7-11-33/h3,5,13,17-18,21,23,33-34H,2,4,6-12,14-15H2,1H3,(H,27,30)/t17-,18+,21+,23-/m0/s1. The van der Waals surface area contributed by atoms with Gasteiger partial charge in [-0.25, -0.2) is 0 Å². The van der Waals surface area contributed by atoms with Gasteiger partial charge in [-0.15, -0.1) is 0 Å². The Kier molecular flexibility index (Phi) is 11.2. The van der Waals surface area contributed by atoms with Crippen molar-refractivity contribution in [3.63, 3.8) is 0 Å². The van der Waals surface area contributed by atoms with Crippen molar-refractivity contribution in [3.8, 4) is 0 Å². The van der Waals surface area contributed by atoms with Crippen molar-refractivity contribution in [2.45, 2.75) is 43.7 Å². The van der Waals surface area contributed by atoms with Crippen LogP contribution in [-0.4, -0.2) is 85.1 Å². The van der Waals surface area contributed by atoms with E-state index in [4.69, 9.17) is 27.9 Å². The van der Waals surface area contributed by atoms with Gasteiger partial charge in [0, 0.05) is 42.6 Å². The van der Waals surface area contributed by atoms with Gasteiger partial charge in [0.1, 0.15) is 0 Å². The highest BCUT2D eigenvalue weighted by Gasteiger charge is 2.50. The average molecular weight is 549 g/mol. The fraction of sp³-hybridized carbons (Fsp3) is 0.667. The lowest BCUT2D eigenvalue weighted by Gasteiger charge is -2.44. The van der Waals surface area contributed by atoms with E-state index in [0.29, 0.717) is 40.7 Å². The number of rotatable bonds is 12. The molecule has 190 valence electrons. The van der Waals surface area contributed by atoms with Gasteiger partial charge in [0.2, 0.25) is 5.91 Å². The molecule has 3 rings (SSSR count). The number of ether oxygens (including phenoxy) is 1. The second-order valence-electron chi connectivity index (χ2n) is 9.03. The average Bonchev–Trinajstić information content (AvgIpc) is 3.09. The molecule has 0 unspecified atom stereocenters. The zero-order valence-corrected chi connectivity index (χ0v) is 22.9. The van der Waals surface area contributed by atoms with Crippen LogP contribution in [0.25, 0.3) is 0 Å². The Morgan fingerprint density at radius 3 is 2.65 bits per heavy atom. The molecule has 2 fully saturated rings. The van der Waals surface area contributed by atoms with Crippen molar-refractivity contribution in [2.75, 3.05) is 51.3 Å². The third-order valence-corrected chi connectivity index (χ3v) is 8.18. The first-order valence-electron chi connectivity index (χ1n) is 11.9. The third-order valence-electron chi connectivity index (χ3n) is 7.02. The van der Waals surface area contributed by atoms with E-state index in [2.05, 4.69) is 40.4 Å². The van der Waals surface area contributed by atoms with Crippen LogP contribution >= 0.6 is 48.5 Å². The highest BCUT2D eigenvalue weighted by atomic mass is 35.5. The Hall–Kier alpha value is -0.640. The van der Waals surface area contributed by atoms with Crippen LogP contribution in [0.4, 0.5) is 0 Å². The first-order valence-corrected chi connectivity index (χ1v) is 13.9.